The van der Waals surface area contributed by atoms with Crippen LogP contribution in [0.2, 0.25) is 0 Å². The van der Waals surface area contributed by atoms with E-state index in [4.69, 9.17) is 9.15 Å². The van der Waals surface area contributed by atoms with Crippen molar-refractivity contribution < 1.29 is 17.6 Å². The molecule has 0 aliphatic heterocycles. The Balaban J connectivity index is 1.87. The predicted molar refractivity (Wildman–Crippen MR) is 92.1 cm³/mol. The lowest BCUT2D eigenvalue weighted by Gasteiger charge is -2.15. The van der Waals surface area contributed by atoms with E-state index in [0.29, 0.717) is 24.5 Å². The lowest BCUT2D eigenvalue weighted by atomic mass is 10.3. The highest BCUT2D eigenvalue weighted by atomic mass is 32.2. The fourth-order valence-corrected chi connectivity index (χ4v) is 3.81. The van der Waals surface area contributed by atoms with Gasteiger partial charge in [0.05, 0.1) is 23.1 Å². The maximum atomic E-state index is 12.7. The van der Waals surface area contributed by atoms with Crippen LogP contribution in [0.1, 0.15) is 18.8 Å². The van der Waals surface area contributed by atoms with Gasteiger partial charge in [-0.25, -0.2) is 17.9 Å². The molecule has 1 atom stereocenters. The second-order valence-corrected chi connectivity index (χ2v) is 7.49. The molecule has 1 aromatic carbocycles. The van der Waals surface area contributed by atoms with Gasteiger partial charge in [0.2, 0.25) is 10.0 Å². The third-order valence-electron chi connectivity index (χ3n) is 3.98. The van der Waals surface area contributed by atoms with Gasteiger partial charge in [-0.05, 0) is 19.1 Å². The third kappa shape index (κ3) is 3.41. The highest BCUT2D eigenvalue weighted by Gasteiger charge is 2.23. The average Bonchev–Trinajstić information content (AvgIpc) is 3.17. The topological polar surface area (TPSA) is 121 Å². The van der Waals surface area contributed by atoms with E-state index in [1.54, 1.807) is 25.6 Å². The molecule has 26 heavy (non-hydrogen) atoms. The normalized spacial score (nSPS) is 13.3. The molecule has 3 rings (SSSR count). The predicted octanol–water partition coefficient (Wildman–Crippen LogP) is 0.409. The Kier molecular flexibility index (Phi) is 4.94. The van der Waals surface area contributed by atoms with Crippen molar-refractivity contribution in [3.63, 3.8) is 0 Å². The van der Waals surface area contributed by atoms with Gasteiger partial charge in [-0.2, -0.15) is 0 Å². The molecule has 0 saturated heterocycles. The second kappa shape index (κ2) is 7.02. The van der Waals surface area contributed by atoms with Crippen molar-refractivity contribution in [2.45, 2.75) is 24.4 Å². The van der Waals surface area contributed by atoms with Crippen LogP contribution < -0.4 is 10.5 Å². The van der Waals surface area contributed by atoms with Gasteiger partial charge >= 0.3 is 5.76 Å². The van der Waals surface area contributed by atoms with Crippen molar-refractivity contribution in [3.8, 4) is 0 Å². The fraction of sp³-hybridized carbons (Fsp3) is 0.400. The summed E-state index contributed by atoms with van der Waals surface area (Å²) in [6.45, 7) is 2.63. The minimum Gasteiger partial charge on any atom is -0.408 e. The first-order chi connectivity index (χ1) is 12.3. The van der Waals surface area contributed by atoms with Crippen LogP contribution in [0.5, 0.6) is 0 Å². The van der Waals surface area contributed by atoms with Crippen LogP contribution in [0.15, 0.2) is 38.6 Å². The van der Waals surface area contributed by atoms with E-state index in [0.717, 1.165) is 0 Å². The van der Waals surface area contributed by atoms with Crippen molar-refractivity contribution in [2.24, 2.45) is 7.05 Å². The number of hydrogen-bond acceptors (Lipinski definition) is 7. The SMILES string of the molecule is COCCn1cnnc1[C@@H](C)NS(=O)(=O)c1ccc2c(c1)oc(=O)n2C. The molecule has 0 spiro atoms. The van der Waals surface area contributed by atoms with Gasteiger partial charge in [-0.15, -0.1) is 10.2 Å². The molecule has 0 unspecified atom stereocenters. The van der Waals surface area contributed by atoms with Gasteiger partial charge in [0.15, 0.2) is 11.4 Å². The minimum atomic E-state index is -3.85. The Morgan fingerprint density at radius 1 is 1.38 bits per heavy atom. The van der Waals surface area contributed by atoms with Crippen LogP contribution in [-0.2, 0) is 28.4 Å². The Labute approximate surface area is 149 Å². The molecule has 0 amide bonds. The number of nitrogens with zero attached hydrogens (tertiary/aromatic N) is 4. The smallest absolute Gasteiger partial charge is 0.408 e. The number of sulfonamides is 1. The Morgan fingerprint density at radius 3 is 2.88 bits per heavy atom. The van der Waals surface area contributed by atoms with Crippen LogP contribution in [0, 0.1) is 0 Å². The molecule has 3 aromatic rings. The summed E-state index contributed by atoms with van der Waals surface area (Å²) in [4.78, 5) is 11.6. The summed E-state index contributed by atoms with van der Waals surface area (Å²) in [5.74, 6) is -0.0833. The molecule has 0 fully saturated rings. The van der Waals surface area contributed by atoms with Gasteiger partial charge < -0.3 is 13.7 Å². The van der Waals surface area contributed by atoms with E-state index in [9.17, 15) is 13.2 Å². The summed E-state index contributed by atoms with van der Waals surface area (Å²) >= 11 is 0. The number of methoxy groups -OCH3 is 1. The second-order valence-electron chi connectivity index (χ2n) is 5.77. The van der Waals surface area contributed by atoms with Crippen molar-refractivity contribution in [1.29, 1.82) is 0 Å². The summed E-state index contributed by atoms with van der Waals surface area (Å²) in [7, 11) is -0.723. The first kappa shape index (κ1) is 18.3. The zero-order valence-corrected chi connectivity index (χ0v) is 15.4. The number of aryl methyl sites for hydroxylation is 1. The highest BCUT2D eigenvalue weighted by Crippen LogP contribution is 2.20. The number of fused-ring (bicyclic) bond motifs is 1. The summed E-state index contributed by atoms with van der Waals surface area (Å²) in [6, 6.07) is 3.65. The molecule has 0 bridgehead atoms. The van der Waals surface area contributed by atoms with E-state index in [2.05, 4.69) is 14.9 Å². The number of rotatable bonds is 7. The highest BCUT2D eigenvalue weighted by molar-refractivity contribution is 7.89. The molecule has 0 aliphatic carbocycles. The van der Waals surface area contributed by atoms with E-state index in [-0.39, 0.29) is 10.5 Å². The third-order valence-corrected chi connectivity index (χ3v) is 5.51. The molecule has 2 heterocycles. The zero-order chi connectivity index (χ0) is 18.9. The molecule has 11 heteroatoms. The monoisotopic (exact) mass is 381 g/mol. The zero-order valence-electron chi connectivity index (χ0n) is 14.5. The summed E-state index contributed by atoms with van der Waals surface area (Å²) < 4.78 is 41.0. The molecule has 2 aromatic heterocycles. The summed E-state index contributed by atoms with van der Waals surface area (Å²) in [5.41, 5.74) is 0.720. The van der Waals surface area contributed by atoms with Gasteiger partial charge in [0.25, 0.3) is 0 Å². The van der Waals surface area contributed by atoms with Crippen LogP contribution in [0.3, 0.4) is 0 Å². The number of benzene rings is 1. The first-order valence-corrected chi connectivity index (χ1v) is 9.30. The quantitative estimate of drug-likeness (QED) is 0.629. The molecule has 10 nitrogen and oxygen atoms in total. The fourth-order valence-electron chi connectivity index (χ4n) is 2.60. The first-order valence-electron chi connectivity index (χ1n) is 7.82. The van der Waals surface area contributed by atoms with Crippen molar-refractivity contribution in [1.82, 2.24) is 24.1 Å². The average molecular weight is 381 g/mol. The molecular formula is C15H19N5O5S. The number of nitrogens with one attached hydrogen (secondary N) is 1. The summed E-state index contributed by atoms with van der Waals surface area (Å²) in [6.07, 6.45) is 1.52. The van der Waals surface area contributed by atoms with Gasteiger partial charge in [0, 0.05) is 26.8 Å². The van der Waals surface area contributed by atoms with Crippen molar-refractivity contribution in [3.05, 3.63) is 40.9 Å². The number of hydrogen-bond donors (Lipinski definition) is 1. The maximum Gasteiger partial charge on any atom is 0.419 e. The van der Waals surface area contributed by atoms with E-state index in [1.807, 2.05) is 0 Å². The van der Waals surface area contributed by atoms with Gasteiger partial charge in [-0.1, -0.05) is 0 Å². The lowest BCUT2D eigenvalue weighted by Crippen LogP contribution is -2.29. The Morgan fingerprint density at radius 2 is 2.15 bits per heavy atom. The molecule has 1 N–H and O–H groups in total. The number of ether oxygens (including phenoxy) is 1. The number of aromatic nitrogens is 4. The minimum absolute atomic E-state index is 0.00541. The maximum absolute atomic E-state index is 12.7. The largest absolute Gasteiger partial charge is 0.419 e. The lowest BCUT2D eigenvalue weighted by molar-refractivity contribution is 0.185. The standard InChI is InChI=1S/C15H19N5O5S/c1-10(14-17-16-9-20(14)6-7-24-3)18-26(22,23)11-4-5-12-13(8-11)25-15(21)19(12)2/h4-5,8-10,18H,6-7H2,1-3H3/t10-/m1/s1. The van der Waals surface area contributed by atoms with E-state index >= 15 is 0 Å². The van der Waals surface area contributed by atoms with Gasteiger partial charge in [0.1, 0.15) is 6.33 Å². The molecule has 140 valence electrons. The van der Waals surface area contributed by atoms with Crippen LogP contribution in [0.25, 0.3) is 11.1 Å². The summed E-state index contributed by atoms with van der Waals surface area (Å²) in [5, 5.41) is 7.80. The molecule has 0 aliphatic rings. The number of oxazole rings is 1. The Bertz CT molecular complexity index is 1080. The molecular weight excluding hydrogens is 362 g/mol. The van der Waals surface area contributed by atoms with Crippen LogP contribution in [0.4, 0.5) is 0 Å². The van der Waals surface area contributed by atoms with Gasteiger partial charge in [-0.3, -0.25) is 4.57 Å². The molecule has 0 saturated carbocycles. The Hall–Kier alpha value is -2.50. The van der Waals surface area contributed by atoms with Crippen LogP contribution >= 0.6 is 0 Å². The van der Waals surface area contributed by atoms with E-state index in [1.165, 1.54) is 29.1 Å². The van der Waals surface area contributed by atoms with Crippen molar-refractivity contribution in [2.75, 3.05) is 13.7 Å². The van der Waals surface area contributed by atoms with Crippen LogP contribution in [-0.4, -0.2) is 41.5 Å². The van der Waals surface area contributed by atoms with E-state index < -0.39 is 21.8 Å². The molecule has 0 radical (unpaired) electrons. The van der Waals surface area contributed by atoms with Crippen molar-refractivity contribution >= 4 is 21.1 Å².